The number of anilines is 3. The largest absolute Gasteiger partial charge is 0.490 e. The van der Waals surface area contributed by atoms with E-state index in [4.69, 9.17) is 25.1 Å². The topological polar surface area (TPSA) is 164 Å². The Hall–Kier alpha value is -4.08. The summed E-state index contributed by atoms with van der Waals surface area (Å²) < 4.78 is 42.3. The number of carboxylic acids is 1. The van der Waals surface area contributed by atoms with Gasteiger partial charge >= 0.3 is 24.2 Å². The van der Waals surface area contributed by atoms with E-state index in [1.54, 1.807) is 4.90 Å². The highest BCUT2D eigenvalue weighted by Crippen LogP contribution is 2.28. The summed E-state index contributed by atoms with van der Waals surface area (Å²) in [4.78, 5) is 53.4. The Balaban J connectivity index is 0.000000559. The van der Waals surface area contributed by atoms with Gasteiger partial charge in [-0.2, -0.15) is 13.2 Å². The fourth-order valence-corrected chi connectivity index (χ4v) is 4.60. The normalized spacial score (nSPS) is 17.5. The number of thiazole rings is 1. The number of aromatic nitrogens is 1. The van der Waals surface area contributed by atoms with Crippen LogP contribution in [0.2, 0.25) is 0 Å². The van der Waals surface area contributed by atoms with Gasteiger partial charge in [0, 0.05) is 24.5 Å². The van der Waals surface area contributed by atoms with Crippen LogP contribution in [0.4, 0.5) is 34.5 Å². The van der Waals surface area contributed by atoms with Crippen LogP contribution in [-0.2, 0) is 19.1 Å². The van der Waals surface area contributed by atoms with Gasteiger partial charge in [-0.05, 0) is 44.0 Å². The number of nitrogen functional groups attached to an aromatic ring is 1. The molecular formula is C24H28F3N5O7S. The van der Waals surface area contributed by atoms with Gasteiger partial charge < -0.3 is 30.5 Å². The van der Waals surface area contributed by atoms with Crippen molar-refractivity contribution in [3.8, 4) is 0 Å². The molecule has 0 aliphatic carbocycles. The van der Waals surface area contributed by atoms with Crippen LogP contribution in [0, 0.1) is 5.92 Å². The number of halogens is 3. The number of ether oxygens (including phenoxy) is 2. The van der Waals surface area contributed by atoms with Gasteiger partial charge in [-0.25, -0.2) is 14.6 Å². The van der Waals surface area contributed by atoms with Crippen molar-refractivity contribution in [3.05, 3.63) is 35.3 Å². The van der Waals surface area contributed by atoms with Crippen molar-refractivity contribution >= 4 is 51.8 Å². The van der Waals surface area contributed by atoms with E-state index in [1.807, 2.05) is 31.2 Å². The van der Waals surface area contributed by atoms with E-state index in [2.05, 4.69) is 15.2 Å². The van der Waals surface area contributed by atoms with Crippen molar-refractivity contribution in [2.45, 2.75) is 32.0 Å². The molecule has 2 fully saturated rings. The second kappa shape index (κ2) is 13.3. The highest BCUT2D eigenvalue weighted by Gasteiger charge is 2.38. The predicted molar refractivity (Wildman–Crippen MR) is 138 cm³/mol. The Morgan fingerprint density at radius 3 is 2.33 bits per heavy atom. The van der Waals surface area contributed by atoms with Gasteiger partial charge in [0.2, 0.25) is 0 Å². The second-order valence-corrected chi connectivity index (χ2v) is 9.78. The van der Waals surface area contributed by atoms with E-state index in [-0.39, 0.29) is 24.3 Å². The predicted octanol–water partition coefficient (Wildman–Crippen LogP) is 2.89. The van der Waals surface area contributed by atoms with Crippen LogP contribution < -0.4 is 20.9 Å². The maximum Gasteiger partial charge on any atom is 0.490 e. The molecule has 1 aromatic carbocycles. The van der Waals surface area contributed by atoms with E-state index in [0.29, 0.717) is 23.2 Å². The number of esters is 1. The Labute approximate surface area is 230 Å². The minimum atomic E-state index is -5.08. The first-order valence-electron chi connectivity index (χ1n) is 12.2. The molecule has 1 aromatic heterocycles. The van der Waals surface area contributed by atoms with Gasteiger partial charge in [0.15, 0.2) is 5.13 Å². The molecule has 218 valence electrons. The zero-order valence-electron chi connectivity index (χ0n) is 21.3. The molecule has 0 radical (unpaired) electrons. The Bertz CT molecular complexity index is 1200. The fourth-order valence-electron chi connectivity index (χ4n) is 4.00. The molecule has 4 N–H and O–H groups in total. The molecule has 2 aliphatic rings. The molecule has 12 nitrogen and oxygen atoms in total. The van der Waals surface area contributed by atoms with Crippen molar-refractivity contribution in [2.24, 2.45) is 5.92 Å². The van der Waals surface area contributed by atoms with Crippen molar-refractivity contribution in [2.75, 3.05) is 48.3 Å². The lowest BCUT2D eigenvalue weighted by Crippen LogP contribution is -2.37. The summed E-state index contributed by atoms with van der Waals surface area (Å²) in [5, 5.41) is 10.2. The Morgan fingerprint density at radius 1 is 1.20 bits per heavy atom. The number of piperidine rings is 1. The molecule has 1 atom stereocenters. The van der Waals surface area contributed by atoms with Crippen LogP contribution in [0.3, 0.4) is 0 Å². The van der Waals surface area contributed by atoms with Crippen LogP contribution in [0.15, 0.2) is 30.5 Å². The van der Waals surface area contributed by atoms with Crippen molar-refractivity contribution in [3.63, 3.8) is 0 Å². The molecule has 2 amide bonds. The molecule has 2 aliphatic heterocycles. The first-order chi connectivity index (χ1) is 18.9. The molecule has 0 spiro atoms. The van der Waals surface area contributed by atoms with Gasteiger partial charge in [-0.15, -0.1) is 0 Å². The van der Waals surface area contributed by atoms with E-state index >= 15 is 0 Å². The van der Waals surface area contributed by atoms with E-state index in [1.165, 1.54) is 6.20 Å². The second-order valence-electron chi connectivity index (χ2n) is 8.72. The number of nitrogens with one attached hydrogen (secondary N) is 1. The van der Waals surface area contributed by atoms with Crippen LogP contribution in [0.5, 0.6) is 0 Å². The van der Waals surface area contributed by atoms with E-state index < -0.39 is 24.3 Å². The molecule has 2 aromatic rings. The van der Waals surface area contributed by atoms with Crippen molar-refractivity contribution < 1.29 is 46.9 Å². The minimum absolute atomic E-state index is 0.0364. The summed E-state index contributed by atoms with van der Waals surface area (Å²) in [5.74, 6) is -3.20. The number of alkyl halides is 3. The Morgan fingerprint density at radius 2 is 1.80 bits per heavy atom. The van der Waals surface area contributed by atoms with Gasteiger partial charge in [0.05, 0.1) is 31.8 Å². The number of amides is 2. The summed E-state index contributed by atoms with van der Waals surface area (Å²) in [5.41, 5.74) is 7.33. The van der Waals surface area contributed by atoms with Gasteiger partial charge in [0.25, 0.3) is 5.91 Å². The van der Waals surface area contributed by atoms with E-state index in [0.717, 1.165) is 48.6 Å². The van der Waals surface area contributed by atoms with Gasteiger partial charge in [-0.1, -0.05) is 11.3 Å². The lowest BCUT2D eigenvalue weighted by molar-refractivity contribution is -0.192. The molecule has 0 bridgehead atoms. The summed E-state index contributed by atoms with van der Waals surface area (Å²) in [7, 11) is 0. The van der Waals surface area contributed by atoms with Crippen molar-refractivity contribution in [1.82, 2.24) is 10.3 Å². The fraction of sp³-hybridized carbons (Fsp3) is 0.458. The third-order valence-electron chi connectivity index (χ3n) is 6.00. The van der Waals surface area contributed by atoms with Crippen LogP contribution in [0.25, 0.3) is 0 Å². The van der Waals surface area contributed by atoms with Crippen LogP contribution in [0.1, 0.15) is 29.4 Å². The zero-order chi connectivity index (χ0) is 29.4. The number of carbonyl (C=O) groups excluding carboxylic acids is 3. The molecular weight excluding hydrogens is 559 g/mol. The number of hydrogen-bond acceptors (Lipinski definition) is 10. The number of carbonyl (C=O) groups is 4. The third-order valence-corrected chi connectivity index (χ3v) is 6.82. The molecule has 40 heavy (non-hydrogen) atoms. The molecule has 3 heterocycles. The maximum atomic E-state index is 12.4. The number of hydrogen-bond donors (Lipinski definition) is 3. The molecule has 16 heteroatoms. The Kier molecular flexibility index (Phi) is 10.1. The number of nitrogens with two attached hydrogens (primary N) is 1. The van der Waals surface area contributed by atoms with Gasteiger partial charge in [0.1, 0.15) is 11.0 Å². The summed E-state index contributed by atoms with van der Waals surface area (Å²) >= 11 is 1.10. The van der Waals surface area contributed by atoms with E-state index in [9.17, 15) is 27.6 Å². The zero-order valence-corrected chi connectivity index (χ0v) is 22.2. The molecule has 0 saturated carbocycles. The number of carboxylic acid groups (broad SMARTS) is 1. The first kappa shape index (κ1) is 30.5. The average Bonchev–Trinajstić information content (AvgIpc) is 3.52. The maximum absolute atomic E-state index is 12.4. The number of cyclic esters (lactones) is 1. The summed E-state index contributed by atoms with van der Waals surface area (Å²) in [6, 6.07) is 7.71. The lowest BCUT2D eigenvalue weighted by atomic mass is 9.96. The number of benzene rings is 1. The number of aliphatic carboxylic acids is 1. The van der Waals surface area contributed by atoms with Gasteiger partial charge in [-0.3, -0.25) is 14.5 Å². The van der Waals surface area contributed by atoms with Crippen LogP contribution >= 0.6 is 11.3 Å². The molecule has 2 saturated heterocycles. The number of nitrogens with zero attached hydrogens (tertiary/aromatic N) is 3. The summed E-state index contributed by atoms with van der Waals surface area (Å²) in [6.45, 7) is 4.33. The highest BCUT2D eigenvalue weighted by molar-refractivity contribution is 7.17. The van der Waals surface area contributed by atoms with Crippen molar-refractivity contribution in [1.29, 1.82) is 0 Å². The number of rotatable bonds is 7. The third kappa shape index (κ3) is 8.21. The lowest BCUT2D eigenvalue weighted by Gasteiger charge is -2.32. The standard InChI is InChI=1S/C22H27N5O5S.C2HF3O2/c1-2-31-20(29)14-7-9-26(10-8-14)15-3-5-16(6-4-15)27-13-17(32-22(27)30)11-24-19(28)18-12-25-21(23)33-18;3-2(4,5)1(6)7/h3-6,12,14,17H,2,7-11,13H2,1H3,(H2,23,25)(H,24,28);(H,6,7)/t17-;/m1./s1. The van der Waals surface area contributed by atoms with Crippen LogP contribution in [-0.4, -0.2) is 79.1 Å². The average molecular weight is 588 g/mol. The SMILES string of the molecule is CCOC(=O)C1CCN(c2ccc(N3C[C@@H](CNC(=O)c4cnc(N)s4)OC3=O)cc2)CC1.O=C(O)C(F)(F)F. The molecule has 4 rings (SSSR count). The quantitative estimate of drug-likeness (QED) is 0.410. The molecule has 0 unspecified atom stereocenters. The first-order valence-corrected chi connectivity index (χ1v) is 13.0. The highest BCUT2D eigenvalue weighted by atomic mass is 32.1. The minimum Gasteiger partial charge on any atom is -0.475 e. The monoisotopic (exact) mass is 587 g/mol. The summed E-state index contributed by atoms with van der Waals surface area (Å²) in [6.07, 6.45) is -3.03. The smallest absolute Gasteiger partial charge is 0.475 e.